The number of hydrogen-bond donors (Lipinski definition) is 4. The zero-order valence-electron chi connectivity index (χ0n) is 30.7. The normalized spacial score (nSPS) is 7.65. The number of phenols is 2. The second-order valence-electron chi connectivity index (χ2n) is 7.27. The van der Waals surface area contributed by atoms with Gasteiger partial charge in [0.2, 0.25) is 0 Å². The Balaban J connectivity index is -0.0000000947. The first-order valence-electron chi connectivity index (χ1n) is 15.5. The van der Waals surface area contributed by atoms with Crippen LogP contribution in [0.1, 0.15) is 56.8 Å². The highest BCUT2D eigenvalue weighted by Gasteiger charge is 2.09. The van der Waals surface area contributed by atoms with Crippen LogP contribution in [0.4, 0.5) is 22.9 Å². The average Bonchev–Trinajstić information content (AvgIpc) is 3.55. The van der Waals surface area contributed by atoms with E-state index in [-0.39, 0.29) is 29.8 Å². The van der Waals surface area contributed by atoms with Gasteiger partial charge in [0.25, 0.3) is 5.69 Å². The van der Waals surface area contributed by atoms with Gasteiger partial charge in [-0.15, -0.1) is 0 Å². The number of rotatable bonds is 2. The number of furan rings is 1. The van der Waals surface area contributed by atoms with Gasteiger partial charge in [-0.3, -0.25) is 20.2 Å². The molecule has 16 heteroatoms. The van der Waals surface area contributed by atoms with Crippen LogP contribution in [0.2, 0.25) is 0 Å². The molecule has 0 saturated heterocycles. The van der Waals surface area contributed by atoms with Gasteiger partial charge in [0, 0.05) is 47.0 Å². The second kappa shape index (κ2) is 44.8. The van der Waals surface area contributed by atoms with Gasteiger partial charge in [0.05, 0.1) is 18.0 Å². The first-order valence-corrected chi connectivity index (χ1v) is 19.4. The minimum absolute atomic E-state index is 0. The number of phenolic OH excluding ortho intramolecular Hbond substituents is 2. The number of benzene rings is 4. The summed E-state index contributed by atoms with van der Waals surface area (Å²) in [4.78, 5) is 20.6. The van der Waals surface area contributed by atoms with Gasteiger partial charge in [0.1, 0.15) is 16.3 Å². The van der Waals surface area contributed by atoms with E-state index in [1.165, 1.54) is 38.8 Å². The number of anilines is 2. The van der Waals surface area contributed by atoms with Crippen molar-refractivity contribution in [1.82, 2.24) is 0 Å². The Morgan fingerprint density at radius 3 is 1.44 bits per heavy atom. The van der Waals surface area contributed by atoms with Crippen molar-refractivity contribution in [2.24, 2.45) is 0 Å². The number of nitriles is 1. The maximum Gasteiger partial charge on any atom is 0.310 e. The molecule has 0 aliphatic rings. The highest BCUT2D eigenvalue weighted by molar-refractivity contribution is 14.2. The monoisotopic (exact) mass is 1020 g/mol. The lowest BCUT2D eigenvalue weighted by atomic mass is 10.3. The summed E-state index contributed by atoms with van der Waals surface area (Å²) in [6.07, 6.45) is 0. The van der Waals surface area contributed by atoms with E-state index >= 15 is 0 Å². The number of nitrogen functional groups attached to an aromatic ring is 2. The molecule has 292 valence electrons. The van der Waals surface area contributed by atoms with E-state index < -0.39 is 9.85 Å². The molecule has 4 aromatic carbocycles. The highest BCUT2D eigenvalue weighted by atomic mass is 127. The van der Waals surface area contributed by atoms with Crippen molar-refractivity contribution in [1.29, 1.82) is 5.26 Å². The molecule has 0 bridgehead atoms. The highest BCUT2D eigenvalue weighted by Crippen LogP contribution is 2.23. The summed E-state index contributed by atoms with van der Waals surface area (Å²) in [5.74, 6) is 0.321. The quantitative estimate of drug-likeness (QED) is 0.0325. The van der Waals surface area contributed by atoms with Crippen molar-refractivity contribution in [3.63, 3.8) is 0 Å². The largest absolute Gasteiger partial charge is 0.506 e. The standard InChI is InChI=1S/C8H7NO.C6H5NO3.C6H5NO2.C6H7NO.4C2H6.CBrN.CH2I2.H2O.H2/c9-8-5-6-3-1-2-4-7(6)10-8;8-6-4-2-1-3-5(6)7(9)10;8-7(9)6-4-2-1-3-5-6;7-5-3-1-2-4-6(5)8;4*1-2;2*2-1-3;;/h1-5H,9H2;1-4,8H;1-5H;1-4,8H,7H2;4*1-2H3;;1H2;1H2;1H. The summed E-state index contributed by atoms with van der Waals surface area (Å²) in [6.45, 7) is 16.0. The molecule has 0 aliphatic heterocycles. The molecule has 13 nitrogen and oxygen atoms in total. The van der Waals surface area contributed by atoms with Gasteiger partial charge in [-0.05, 0) is 24.3 Å². The van der Waals surface area contributed by atoms with Crippen LogP contribution in [0.15, 0.2) is 114 Å². The summed E-state index contributed by atoms with van der Waals surface area (Å²) in [5, 5.41) is 46.0. The summed E-state index contributed by atoms with van der Waals surface area (Å²) in [7, 11) is 0. The van der Waals surface area contributed by atoms with Crippen LogP contribution in [-0.4, -0.2) is 28.0 Å². The molecule has 0 fully saturated rings. The Bertz CT molecular complexity index is 1530. The number of aromatic hydroxyl groups is 2. The van der Waals surface area contributed by atoms with E-state index in [4.69, 9.17) is 31.4 Å². The van der Waals surface area contributed by atoms with Crippen molar-refractivity contribution < 1.29 is 31.4 Å². The smallest absolute Gasteiger partial charge is 0.310 e. The van der Waals surface area contributed by atoms with E-state index in [9.17, 15) is 20.2 Å². The molecular formula is C36H54BrI2N5O8. The topological polar surface area (TPSA) is 247 Å². The number of alkyl halides is 2. The molecule has 1 heterocycles. The molecule has 5 aromatic rings. The summed E-state index contributed by atoms with van der Waals surface area (Å²) < 4.78 is 6.34. The number of hydrogen-bond acceptors (Lipinski definition) is 10. The molecule has 0 aliphatic carbocycles. The SMILES string of the molecule is CC.CC.CC.CC.ICI.N#CBr.Nc1cc2ccccc2o1.Nc1ccccc1O.O.O=[N+]([O-])c1ccccc1.O=[N+]([O-])c1ccccc1O.[HH]. The third kappa shape index (κ3) is 33.0. The zero-order chi connectivity index (χ0) is 40.6. The van der Waals surface area contributed by atoms with Crippen LogP contribution < -0.4 is 11.5 Å². The molecule has 0 atom stereocenters. The van der Waals surface area contributed by atoms with Gasteiger partial charge in [0.15, 0.2) is 11.6 Å². The minimum atomic E-state index is -0.630. The first-order chi connectivity index (χ1) is 24.5. The summed E-state index contributed by atoms with van der Waals surface area (Å²) >= 11 is 7.00. The van der Waals surface area contributed by atoms with Crippen LogP contribution in [0.5, 0.6) is 11.5 Å². The van der Waals surface area contributed by atoms with E-state index in [0.29, 0.717) is 11.6 Å². The van der Waals surface area contributed by atoms with E-state index in [0.717, 1.165) is 11.0 Å². The number of para-hydroxylation sites is 6. The fourth-order valence-corrected chi connectivity index (χ4v) is 2.66. The summed E-state index contributed by atoms with van der Waals surface area (Å²) in [6, 6.07) is 29.7. The molecule has 0 spiro atoms. The lowest BCUT2D eigenvalue weighted by molar-refractivity contribution is -0.385. The van der Waals surface area contributed by atoms with Crippen LogP contribution in [0.25, 0.3) is 11.0 Å². The van der Waals surface area contributed by atoms with Crippen LogP contribution in [0.3, 0.4) is 0 Å². The zero-order valence-corrected chi connectivity index (χ0v) is 36.6. The van der Waals surface area contributed by atoms with Crippen LogP contribution in [-0.2, 0) is 0 Å². The van der Waals surface area contributed by atoms with Gasteiger partial charge in [-0.25, -0.2) is 0 Å². The van der Waals surface area contributed by atoms with Gasteiger partial charge >= 0.3 is 5.69 Å². The van der Waals surface area contributed by atoms with Crippen molar-refractivity contribution in [3.8, 4) is 16.5 Å². The Morgan fingerprint density at radius 2 is 1.12 bits per heavy atom. The molecule has 0 saturated carbocycles. The van der Waals surface area contributed by atoms with Crippen molar-refractivity contribution >= 4 is 95.0 Å². The summed E-state index contributed by atoms with van der Waals surface area (Å²) in [5.41, 5.74) is 11.8. The molecule has 0 amide bonds. The molecule has 52 heavy (non-hydrogen) atoms. The lowest BCUT2D eigenvalue weighted by Crippen LogP contribution is -1.86. The van der Waals surface area contributed by atoms with Crippen molar-refractivity contribution in [2.45, 2.75) is 55.4 Å². The number of nitro benzene ring substituents is 2. The Labute approximate surface area is 344 Å². The van der Waals surface area contributed by atoms with E-state index in [1.807, 2.05) is 85.7 Å². The first kappa shape index (κ1) is 59.9. The number of fused-ring (bicyclic) bond motifs is 1. The number of nitrogens with zero attached hydrogens (tertiary/aromatic N) is 3. The third-order valence-electron chi connectivity index (χ3n) is 4.43. The number of nitro groups is 2. The van der Waals surface area contributed by atoms with Gasteiger partial charge in [-0.2, -0.15) is 5.26 Å². The molecule has 8 N–H and O–H groups in total. The third-order valence-corrected chi connectivity index (χ3v) is 4.43. The maximum atomic E-state index is 10.1. The van der Waals surface area contributed by atoms with Crippen LogP contribution in [0, 0.1) is 30.5 Å². The molecule has 1 aromatic heterocycles. The fraction of sp³-hybridized carbons (Fsp3) is 0.250. The maximum absolute atomic E-state index is 10.1. The molecule has 5 rings (SSSR count). The van der Waals surface area contributed by atoms with E-state index in [2.05, 4.69) is 61.1 Å². The molecule has 0 radical (unpaired) electrons. The average molecular weight is 1020 g/mol. The van der Waals surface area contributed by atoms with Crippen molar-refractivity contribution in [2.75, 3.05) is 13.9 Å². The minimum Gasteiger partial charge on any atom is -0.506 e. The molecular weight excluding hydrogens is 964 g/mol. The van der Waals surface area contributed by atoms with Gasteiger partial charge < -0.3 is 31.6 Å². The fourth-order valence-electron chi connectivity index (χ4n) is 2.66. The van der Waals surface area contributed by atoms with E-state index in [1.54, 1.807) is 47.4 Å². The number of nitrogens with two attached hydrogens (primary N) is 2. The molecule has 0 unspecified atom stereocenters. The van der Waals surface area contributed by atoms with Gasteiger partial charge in [-0.1, -0.05) is 161 Å². The Morgan fingerprint density at radius 1 is 0.731 bits per heavy atom. The van der Waals surface area contributed by atoms with Crippen molar-refractivity contribution in [3.05, 3.63) is 129 Å². The Hall–Kier alpha value is -4.19. The number of non-ortho nitro benzene ring substituents is 1. The lowest BCUT2D eigenvalue weighted by Gasteiger charge is -1.92. The predicted molar refractivity (Wildman–Crippen MR) is 240 cm³/mol. The number of halogens is 3. The van der Waals surface area contributed by atoms with Crippen LogP contribution >= 0.6 is 61.1 Å². The Kier molecular flexibility index (Phi) is 51.7. The second-order valence-corrected chi connectivity index (χ2v) is 12.1. The predicted octanol–water partition coefficient (Wildman–Crippen LogP) is 12.1.